The number of rotatable bonds is 2. The molecule has 2 N–H and O–H groups in total. The number of halogens is 2. The average Bonchev–Trinajstić information content (AvgIpc) is 2.41. The zero-order valence-corrected chi connectivity index (χ0v) is 11.5. The number of anilines is 1. The van der Waals surface area contributed by atoms with Gasteiger partial charge in [-0.1, -0.05) is 29.3 Å². The molecule has 0 unspecified atom stereocenters. The summed E-state index contributed by atoms with van der Waals surface area (Å²) in [5, 5.41) is 0.797. The van der Waals surface area contributed by atoms with Gasteiger partial charge in [-0.25, -0.2) is 9.78 Å². The maximum Gasteiger partial charge on any atom is 0.338 e. The van der Waals surface area contributed by atoms with E-state index in [0.29, 0.717) is 26.7 Å². The third-order valence-corrected chi connectivity index (χ3v) is 3.33. The van der Waals surface area contributed by atoms with Crippen molar-refractivity contribution in [1.82, 2.24) is 4.98 Å². The Balaban J connectivity index is 2.66. The summed E-state index contributed by atoms with van der Waals surface area (Å²) in [6.07, 6.45) is 1.45. The van der Waals surface area contributed by atoms with E-state index in [0.717, 1.165) is 0 Å². The molecule has 98 valence electrons. The third-order valence-electron chi connectivity index (χ3n) is 2.59. The molecule has 1 heterocycles. The van der Waals surface area contributed by atoms with Gasteiger partial charge in [0.25, 0.3) is 0 Å². The van der Waals surface area contributed by atoms with Gasteiger partial charge in [0.05, 0.1) is 22.7 Å². The maximum atomic E-state index is 11.7. The van der Waals surface area contributed by atoms with Crippen LogP contribution in [-0.4, -0.2) is 18.1 Å². The number of hydrogen-bond acceptors (Lipinski definition) is 4. The van der Waals surface area contributed by atoms with Crippen LogP contribution in [0.4, 0.5) is 5.82 Å². The van der Waals surface area contributed by atoms with E-state index in [1.807, 2.05) is 0 Å². The molecule has 4 nitrogen and oxygen atoms in total. The van der Waals surface area contributed by atoms with E-state index < -0.39 is 5.97 Å². The Morgan fingerprint density at radius 3 is 2.63 bits per heavy atom. The van der Waals surface area contributed by atoms with Crippen LogP contribution >= 0.6 is 23.2 Å². The molecule has 2 rings (SSSR count). The molecule has 0 radical (unpaired) electrons. The molecule has 0 amide bonds. The highest BCUT2D eigenvalue weighted by Crippen LogP contribution is 2.33. The van der Waals surface area contributed by atoms with Gasteiger partial charge in [0.15, 0.2) is 0 Å². The fourth-order valence-electron chi connectivity index (χ4n) is 1.71. The SMILES string of the molecule is COC(=O)c1ccnc(N)c1-c1ccc(Cl)c(Cl)c1. The van der Waals surface area contributed by atoms with Gasteiger partial charge in [-0.2, -0.15) is 0 Å². The summed E-state index contributed by atoms with van der Waals surface area (Å²) in [5.41, 5.74) is 7.30. The van der Waals surface area contributed by atoms with E-state index in [9.17, 15) is 4.79 Å². The molecule has 0 fully saturated rings. The Bertz CT molecular complexity index is 645. The molecule has 0 aliphatic carbocycles. The Morgan fingerprint density at radius 2 is 2.00 bits per heavy atom. The molecule has 0 spiro atoms. The lowest BCUT2D eigenvalue weighted by Crippen LogP contribution is -2.07. The Labute approximate surface area is 120 Å². The normalized spacial score (nSPS) is 10.3. The van der Waals surface area contributed by atoms with Crippen molar-refractivity contribution >= 4 is 35.0 Å². The number of esters is 1. The smallest absolute Gasteiger partial charge is 0.338 e. The fraction of sp³-hybridized carbons (Fsp3) is 0.0769. The van der Waals surface area contributed by atoms with Crippen LogP contribution in [0.15, 0.2) is 30.5 Å². The minimum Gasteiger partial charge on any atom is -0.465 e. The van der Waals surface area contributed by atoms with Gasteiger partial charge in [-0.3, -0.25) is 0 Å². The molecule has 0 saturated heterocycles. The number of nitrogens with zero attached hydrogens (tertiary/aromatic N) is 1. The standard InChI is InChI=1S/C13H10Cl2N2O2/c1-19-13(18)8-4-5-17-12(16)11(8)7-2-3-9(14)10(15)6-7/h2-6H,1H3,(H2,16,17). The fourth-order valence-corrected chi connectivity index (χ4v) is 2.01. The van der Waals surface area contributed by atoms with Gasteiger partial charge in [-0.15, -0.1) is 0 Å². The first kappa shape index (κ1) is 13.6. The first-order valence-corrected chi connectivity index (χ1v) is 6.08. The van der Waals surface area contributed by atoms with Crippen molar-refractivity contribution in [3.8, 4) is 11.1 Å². The highest BCUT2D eigenvalue weighted by atomic mass is 35.5. The van der Waals surface area contributed by atoms with E-state index in [1.54, 1.807) is 24.3 Å². The van der Waals surface area contributed by atoms with Gasteiger partial charge in [-0.05, 0) is 23.8 Å². The largest absolute Gasteiger partial charge is 0.465 e. The molecule has 0 bridgehead atoms. The van der Waals surface area contributed by atoms with Crippen LogP contribution in [0, 0.1) is 0 Å². The molecule has 19 heavy (non-hydrogen) atoms. The molecule has 0 aliphatic rings. The number of benzene rings is 1. The molecule has 0 atom stereocenters. The summed E-state index contributed by atoms with van der Waals surface area (Å²) in [6, 6.07) is 6.52. The molecule has 0 saturated carbocycles. The van der Waals surface area contributed by atoms with Crippen LogP contribution in [-0.2, 0) is 4.74 Å². The van der Waals surface area contributed by atoms with Crippen LogP contribution in [0.3, 0.4) is 0 Å². The highest BCUT2D eigenvalue weighted by molar-refractivity contribution is 6.42. The van der Waals surface area contributed by atoms with Crippen LogP contribution in [0.5, 0.6) is 0 Å². The number of carbonyl (C=O) groups excluding carboxylic acids is 1. The van der Waals surface area contributed by atoms with Crippen molar-refractivity contribution in [1.29, 1.82) is 0 Å². The van der Waals surface area contributed by atoms with E-state index in [2.05, 4.69) is 4.98 Å². The summed E-state index contributed by atoms with van der Waals surface area (Å²) in [6.45, 7) is 0. The number of carbonyl (C=O) groups is 1. The van der Waals surface area contributed by atoms with Gasteiger partial charge >= 0.3 is 5.97 Å². The third kappa shape index (κ3) is 2.64. The molecular formula is C13H10Cl2N2O2. The predicted molar refractivity (Wildman–Crippen MR) is 75.4 cm³/mol. The molecular weight excluding hydrogens is 287 g/mol. The molecule has 6 heteroatoms. The zero-order valence-electron chi connectivity index (χ0n) is 9.98. The molecule has 1 aromatic heterocycles. The molecule has 2 aromatic rings. The van der Waals surface area contributed by atoms with Crippen LogP contribution in [0.2, 0.25) is 10.0 Å². The number of aromatic nitrogens is 1. The molecule has 1 aromatic carbocycles. The van der Waals surface area contributed by atoms with Gasteiger partial charge in [0.1, 0.15) is 5.82 Å². The second-order valence-corrected chi connectivity index (χ2v) is 4.55. The van der Waals surface area contributed by atoms with E-state index in [4.69, 9.17) is 33.7 Å². The number of ether oxygens (including phenoxy) is 1. The van der Waals surface area contributed by atoms with Crippen molar-refractivity contribution < 1.29 is 9.53 Å². The second-order valence-electron chi connectivity index (χ2n) is 3.74. The van der Waals surface area contributed by atoms with Gasteiger partial charge in [0.2, 0.25) is 0 Å². The summed E-state index contributed by atoms with van der Waals surface area (Å²) < 4.78 is 4.73. The summed E-state index contributed by atoms with van der Waals surface area (Å²) in [4.78, 5) is 15.7. The van der Waals surface area contributed by atoms with Crippen LogP contribution in [0.1, 0.15) is 10.4 Å². The zero-order chi connectivity index (χ0) is 14.0. The number of nitrogens with two attached hydrogens (primary N) is 1. The van der Waals surface area contributed by atoms with Gasteiger partial charge in [0, 0.05) is 11.8 Å². The Morgan fingerprint density at radius 1 is 1.26 bits per heavy atom. The van der Waals surface area contributed by atoms with Crippen molar-refractivity contribution in [2.24, 2.45) is 0 Å². The van der Waals surface area contributed by atoms with Crippen molar-refractivity contribution in [3.63, 3.8) is 0 Å². The lowest BCUT2D eigenvalue weighted by atomic mass is 10.0. The van der Waals surface area contributed by atoms with Crippen molar-refractivity contribution in [2.75, 3.05) is 12.8 Å². The Hall–Kier alpha value is -1.78. The van der Waals surface area contributed by atoms with E-state index in [-0.39, 0.29) is 5.82 Å². The lowest BCUT2D eigenvalue weighted by Gasteiger charge is -2.10. The summed E-state index contributed by atoms with van der Waals surface area (Å²) in [5.74, 6) is -0.267. The van der Waals surface area contributed by atoms with E-state index >= 15 is 0 Å². The monoisotopic (exact) mass is 296 g/mol. The quantitative estimate of drug-likeness (QED) is 0.862. The second kappa shape index (κ2) is 5.47. The van der Waals surface area contributed by atoms with Crippen LogP contribution < -0.4 is 5.73 Å². The Kier molecular flexibility index (Phi) is 3.93. The number of pyridine rings is 1. The highest BCUT2D eigenvalue weighted by Gasteiger charge is 2.17. The number of hydrogen-bond donors (Lipinski definition) is 1. The first-order valence-electron chi connectivity index (χ1n) is 5.32. The first-order chi connectivity index (χ1) is 9.04. The predicted octanol–water partition coefficient (Wildman–Crippen LogP) is 3.42. The maximum absolute atomic E-state index is 11.7. The van der Waals surface area contributed by atoms with Crippen LogP contribution in [0.25, 0.3) is 11.1 Å². The average molecular weight is 297 g/mol. The minimum atomic E-state index is -0.491. The number of nitrogen functional groups attached to an aromatic ring is 1. The van der Waals surface area contributed by atoms with Crippen molar-refractivity contribution in [2.45, 2.75) is 0 Å². The number of methoxy groups -OCH3 is 1. The topological polar surface area (TPSA) is 65.2 Å². The van der Waals surface area contributed by atoms with Crippen molar-refractivity contribution in [3.05, 3.63) is 46.1 Å². The van der Waals surface area contributed by atoms with Gasteiger partial charge < -0.3 is 10.5 Å². The summed E-state index contributed by atoms with van der Waals surface area (Å²) in [7, 11) is 1.30. The van der Waals surface area contributed by atoms with E-state index in [1.165, 1.54) is 13.3 Å². The lowest BCUT2D eigenvalue weighted by molar-refractivity contribution is 0.0601. The molecule has 0 aliphatic heterocycles. The minimum absolute atomic E-state index is 0.223. The summed E-state index contributed by atoms with van der Waals surface area (Å²) >= 11 is 11.8.